The summed E-state index contributed by atoms with van der Waals surface area (Å²) in [6, 6.07) is 8.20. The Morgan fingerprint density at radius 3 is 2.79 bits per heavy atom. The fourth-order valence-electron chi connectivity index (χ4n) is 2.70. The summed E-state index contributed by atoms with van der Waals surface area (Å²) in [5.74, 6) is 1.00. The van der Waals surface area contributed by atoms with E-state index in [2.05, 4.69) is 19.2 Å². The summed E-state index contributed by atoms with van der Waals surface area (Å²) in [7, 11) is 1.66. The molecule has 1 aromatic rings. The van der Waals surface area contributed by atoms with E-state index in [1.54, 1.807) is 7.11 Å². The minimum Gasteiger partial charge on any atom is -0.497 e. The highest BCUT2D eigenvalue weighted by atomic mass is 16.5. The second kappa shape index (κ2) is 6.06. The fourth-order valence-corrected chi connectivity index (χ4v) is 2.70. The molecule has 0 radical (unpaired) electrons. The maximum absolute atomic E-state index is 12.1. The maximum Gasteiger partial charge on any atom is 0.238 e. The fraction of sp³-hybridized carbons (Fsp3) is 0.533. The van der Waals surface area contributed by atoms with Crippen LogP contribution in [0.2, 0.25) is 0 Å². The molecule has 2 rings (SSSR count). The van der Waals surface area contributed by atoms with Crippen LogP contribution >= 0.6 is 0 Å². The molecule has 1 aliphatic rings. The van der Waals surface area contributed by atoms with Crippen molar-refractivity contribution in [2.45, 2.75) is 38.9 Å². The molecule has 104 valence electrons. The maximum atomic E-state index is 12.1. The summed E-state index contributed by atoms with van der Waals surface area (Å²) in [6.07, 6.45) is 1.92. The Balaban J connectivity index is 2.28. The van der Waals surface area contributed by atoms with E-state index in [0.29, 0.717) is 12.6 Å². The van der Waals surface area contributed by atoms with Gasteiger partial charge in [0.15, 0.2) is 0 Å². The van der Waals surface area contributed by atoms with Crippen molar-refractivity contribution in [3.05, 3.63) is 29.8 Å². The Morgan fingerprint density at radius 1 is 1.42 bits per heavy atom. The van der Waals surface area contributed by atoms with Crippen LogP contribution in [-0.4, -0.2) is 30.5 Å². The van der Waals surface area contributed by atoms with Crippen LogP contribution in [0.3, 0.4) is 0 Å². The summed E-state index contributed by atoms with van der Waals surface area (Å²) in [5.41, 5.74) is 1.08. The zero-order valence-electron chi connectivity index (χ0n) is 11.8. The first-order valence-corrected chi connectivity index (χ1v) is 6.89. The Bertz CT molecular complexity index is 444. The van der Waals surface area contributed by atoms with Crippen molar-refractivity contribution in [2.24, 2.45) is 0 Å². The molecule has 1 atom stereocenters. The van der Waals surface area contributed by atoms with E-state index in [0.717, 1.165) is 24.2 Å². The van der Waals surface area contributed by atoms with Gasteiger partial charge >= 0.3 is 0 Å². The van der Waals surface area contributed by atoms with Gasteiger partial charge in [-0.15, -0.1) is 0 Å². The van der Waals surface area contributed by atoms with Crippen molar-refractivity contribution >= 4 is 5.91 Å². The normalized spacial score (nSPS) is 19.3. The van der Waals surface area contributed by atoms with Crippen LogP contribution in [0.1, 0.15) is 38.4 Å². The molecule has 1 amide bonds. The Labute approximate surface area is 114 Å². The lowest BCUT2D eigenvalue weighted by atomic mass is 10.1. The molecule has 1 N–H and O–H groups in total. The van der Waals surface area contributed by atoms with Gasteiger partial charge in [-0.05, 0) is 30.5 Å². The number of carbonyl (C=O) groups is 1. The molecule has 1 heterocycles. The van der Waals surface area contributed by atoms with E-state index in [4.69, 9.17) is 4.74 Å². The number of hydrogen-bond donors (Lipinski definition) is 1. The van der Waals surface area contributed by atoms with E-state index in [1.807, 2.05) is 29.2 Å². The molecular weight excluding hydrogens is 240 g/mol. The van der Waals surface area contributed by atoms with Gasteiger partial charge in [-0.2, -0.15) is 0 Å². The summed E-state index contributed by atoms with van der Waals surface area (Å²) < 4.78 is 5.26. The summed E-state index contributed by atoms with van der Waals surface area (Å²) >= 11 is 0. The Morgan fingerprint density at radius 2 is 2.16 bits per heavy atom. The van der Waals surface area contributed by atoms with Crippen LogP contribution in [0.15, 0.2) is 24.3 Å². The number of hydrogen-bond acceptors (Lipinski definition) is 3. The molecule has 1 fully saturated rings. The number of benzene rings is 1. The molecule has 0 saturated carbocycles. The number of amides is 1. The highest BCUT2D eigenvalue weighted by Crippen LogP contribution is 2.29. The van der Waals surface area contributed by atoms with Crippen LogP contribution in [0.5, 0.6) is 5.75 Å². The van der Waals surface area contributed by atoms with Gasteiger partial charge < -0.3 is 9.64 Å². The number of ether oxygens (including phenoxy) is 1. The molecule has 0 spiro atoms. The van der Waals surface area contributed by atoms with E-state index in [9.17, 15) is 4.79 Å². The largest absolute Gasteiger partial charge is 0.497 e. The molecule has 1 saturated heterocycles. The van der Waals surface area contributed by atoms with Crippen molar-refractivity contribution in [1.29, 1.82) is 0 Å². The first kappa shape index (κ1) is 13.9. The second-order valence-electron chi connectivity index (χ2n) is 4.83. The van der Waals surface area contributed by atoms with Gasteiger partial charge in [0.1, 0.15) is 11.9 Å². The quantitative estimate of drug-likeness (QED) is 0.885. The topological polar surface area (TPSA) is 41.6 Å². The summed E-state index contributed by atoms with van der Waals surface area (Å²) in [4.78, 5) is 14.1. The van der Waals surface area contributed by atoms with Gasteiger partial charge in [0.05, 0.1) is 13.7 Å². The van der Waals surface area contributed by atoms with Gasteiger partial charge in [-0.25, -0.2) is 0 Å². The third-order valence-corrected chi connectivity index (χ3v) is 3.76. The summed E-state index contributed by atoms with van der Waals surface area (Å²) in [6.45, 7) is 4.67. The van der Waals surface area contributed by atoms with Gasteiger partial charge in [-0.1, -0.05) is 26.0 Å². The number of carbonyl (C=O) groups excluding carboxylic acids is 1. The smallest absolute Gasteiger partial charge is 0.238 e. The average Bonchev–Trinajstić information content (AvgIpc) is 2.83. The van der Waals surface area contributed by atoms with Gasteiger partial charge in [-0.3, -0.25) is 10.1 Å². The van der Waals surface area contributed by atoms with Crippen molar-refractivity contribution < 1.29 is 9.53 Å². The first-order valence-electron chi connectivity index (χ1n) is 6.89. The summed E-state index contributed by atoms with van der Waals surface area (Å²) in [5, 5.41) is 3.29. The third-order valence-electron chi connectivity index (χ3n) is 3.76. The highest BCUT2D eigenvalue weighted by molar-refractivity contribution is 5.81. The minimum atomic E-state index is -0.0347. The van der Waals surface area contributed by atoms with Crippen LogP contribution in [-0.2, 0) is 4.79 Å². The number of methoxy groups -OCH3 is 1. The molecule has 0 aliphatic carbocycles. The van der Waals surface area contributed by atoms with Crippen LogP contribution in [0.4, 0.5) is 0 Å². The highest BCUT2D eigenvalue weighted by Gasteiger charge is 2.35. The van der Waals surface area contributed by atoms with Gasteiger partial charge in [0, 0.05) is 6.04 Å². The van der Waals surface area contributed by atoms with Crippen LogP contribution in [0, 0.1) is 0 Å². The average molecular weight is 262 g/mol. The minimum absolute atomic E-state index is 0.0347. The van der Waals surface area contributed by atoms with Crippen molar-refractivity contribution in [3.63, 3.8) is 0 Å². The molecule has 1 aliphatic heterocycles. The lowest BCUT2D eigenvalue weighted by molar-refractivity contribution is -0.130. The number of rotatable bonds is 5. The Kier molecular flexibility index (Phi) is 4.43. The molecule has 0 aromatic heterocycles. The Hall–Kier alpha value is -1.55. The van der Waals surface area contributed by atoms with Crippen molar-refractivity contribution in [1.82, 2.24) is 10.2 Å². The lowest BCUT2D eigenvalue weighted by Crippen LogP contribution is -2.39. The third kappa shape index (κ3) is 2.73. The number of nitrogens with zero attached hydrogens (tertiary/aromatic N) is 1. The monoisotopic (exact) mass is 262 g/mol. The van der Waals surface area contributed by atoms with Crippen molar-refractivity contribution in [2.75, 3.05) is 13.7 Å². The molecular formula is C15H22N2O2. The van der Waals surface area contributed by atoms with E-state index in [1.165, 1.54) is 0 Å². The molecule has 4 nitrogen and oxygen atoms in total. The number of nitrogens with one attached hydrogen (secondary N) is 1. The van der Waals surface area contributed by atoms with E-state index < -0.39 is 0 Å². The molecule has 0 bridgehead atoms. The zero-order chi connectivity index (χ0) is 13.8. The molecule has 1 unspecified atom stereocenters. The van der Waals surface area contributed by atoms with Crippen LogP contribution in [0.25, 0.3) is 0 Å². The predicted octanol–water partition coefficient (Wildman–Crippen LogP) is 2.31. The lowest BCUT2D eigenvalue weighted by Gasteiger charge is -2.32. The molecule has 1 aromatic carbocycles. The SMILES string of the molecule is CCC(CC)N1C(=O)CNC1c1cccc(OC)c1. The van der Waals surface area contributed by atoms with E-state index >= 15 is 0 Å². The van der Waals surface area contributed by atoms with Crippen LogP contribution < -0.4 is 10.1 Å². The second-order valence-corrected chi connectivity index (χ2v) is 4.83. The first-order chi connectivity index (χ1) is 9.21. The van der Waals surface area contributed by atoms with Gasteiger partial charge in [0.25, 0.3) is 0 Å². The van der Waals surface area contributed by atoms with Gasteiger partial charge in [0.2, 0.25) is 5.91 Å². The zero-order valence-corrected chi connectivity index (χ0v) is 11.8. The van der Waals surface area contributed by atoms with Crippen molar-refractivity contribution in [3.8, 4) is 5.75 Å². The molecule has 19 heavy (non-hydrogen) atoms. The standard InChI is InChI=1S/C15H22N2O2/c1-4-12(5-2)17-14(18)10-16-15(17)11-7-6-8-13(9-11)19-3/h6-9,12,15-16H,4-5,10H2,1-3H3. The molecule has 4 heteroatoms. The predicted molar refractivity (Wildman–Crippen MR) is 75.0 cm³/mol. The van der Waals surface area contributed by atoms with E-state index in [-0.39, 0.29) is 12.1 Å².